The van der Waals surface area contributed by atoms with Gasteiger partial charge in [-0.05, 0) is 21.5 Å². The Hall–Kier alpha value is -6.02. The average Bonchev–Trinajstić information content (AvgIpc) is 0.750. The Morgan fingerprint density at radius 1 is 0.211 bits per heavy atom. The van der Waals surface area contributed by atoms with Gasteiger partial charge in [-0.2, -0.15) is 15.0 Å². The zero-order valence-corrected chi connectivity index (χ0v) is 47.0. The highest BCUT2D eigenvalue weighted by molar-refractivity contribution is 6.75. The fraction of sp³-hybridized carbons (Fsp3) is 0.0192. The highest BCUT2D eigenvalue weighted by Crippen LogP contribution is 2.59. The first kappa shape index (κ1) is 62.8. The molecule has 2 aliphatic rings. The summed E-state index contributed by atoms with van der Waals surface area (Å²) in [6, 6.07) is 0. The second-order valence-corrected chi connectivity index (χ2v) is 21.8. The SMILES string of the molecule is [B]c1c([B])c([B])c2c(c1[B])Oc1c([B])c([B])c([B])c([B])c1C21c2c([B])c([B])c([B])c([B])c2Oc2c(-c3nc(-n4c5c([B])c([B])c([B])c([B])c5c5c([B])c([B])c([B])c([B])c54)nc(-n4c5c([B])c([B])c([B])c([B])c5c5c([B])c([B])c([B])c([B])c54)n3)c([B])c([B])c([B])c21. The van der Waals surface area contributed by atoms with Crippen LogP contribution in [0.15, 0.2) is 0 Å². The van der Waals surface area contributed by atoms with Gasteiger partial charge in [0.1, 0.15) is 266 Å². The van der Waals surface area contributed by atoms with Crippen LogP contribution in [0.5, 0.6) is 23.0 Å². The summed E-state index contributed by atoms with van der Waals surface area (Å²) in [7, 11) is 213. The molecule has 0 saturated heterocycles. The summed E-state index contributed by atoms with van der Waals surface area (Å²) < 4.78 is 16.3. The third-order valence-electron chi connectivity index (χ3n) is 17.5. The van der Waals surface area contributed by atoms with E-state index in [1.807, 2.05) is 0 Å². The molecule has 0 fully saturated rings. The average molecular weight is 1060 g/mol. The molecule has 338 valence electrons. The van der Waals surface area contributed by atoms with Crippen LogP contribution in [0.3, 0.4) is 0 Å². The Bertz CT molecular complexity index is 4920. The minimum Gasteiger partial charge on any atom is -0.458 e. The Balaban J connectivity index is 1.33. The molecule has 1 spiro atoms. The zero-order chi connectivity index (χ0) is 65.6. The molecule has 0 N–H and O–H groups in total. The van der Waals surface area contributed by atoms with Crippen molar-refractivity contribution >= 4 is 456 Å². The molecule has 0 amide bonds. The third-order valence-corrected chi connectivity index (χ3v) is 17.5. The quantitative estimate of drug-likeness (QED) is 0.165. The zero-order valence-electron chi connectivity index (χ0n) is 47.0. The lowest BCUT2D eigenvalue weighted by molar-refractivity contribution is 0.411. The van der Waals surface area contributed by atoms with Crippen LogP contribution in [-0.2, 0) is 5.41 Å². The predicted octanol–water partition coefficient (Wildman–Crippen LogP) is -25.1. The highest BCUT2D eigenvalue weighted by atomic mass is 16.5. The van der Waals surface area contributed by atoms with Gasteiger partial charge >= 0.3 is 0 Å². The maximum absolute atomic E-state index is 7.43. The van der Waals surface area contributed by atoms with E-state index in [1.165, 1.54) is 9.13 Å². The summed E-state index contributed by atoms with van der Waals surface area (Å²) in [5, 5.41) is 0.155. The lowest BCUT2D eigenvalue weighted by Gasteiger charge is -2.51. The normalized spacial score (nSPS) is 13.0. The van der Waals surface area contributed by atoms with Crippen molar-refractivity contribution < 1.29 is 9.47 Å². The molecule has 0 atom stereocenters. The highest BCUT2D eigenvalue weighted by Gasteiger charge is 2.56. The van der Waals surface area contributed by atoms with Crippen molar-refractivity contribution in [3.05, 3.63) is 22.3 Å². The molecular weight excluding hydrogens is 1060 g/mol. The number of benzene rings is 8. The molecule has 0 unspecified atom stereocenters. The Morgan fingerprint density at radius 2 is 0.422 bits per heavy atom. The number of rotatable bonds is 3. The minimum absolute atomic E-state index is 0.0387. The van der Waals surface area contributed by atoms with Crippen molar-refractivity contribution in [2.75, 3.05) is 0 Å². The molecule has 3 aromatic heterocycles. The first-order valence-corrected chi connectivity index (χ1v) is 26.2. The third kappa shape index (κ3) is 7.60. The van der Waals surface area contributed by atoms with Crippen LogP contribution in [0.2, 0.25) is 0 Å². The smallest absolute Gasteiger partial charge is 0.240 e. The van der Waals surface area contributed by atoms with Crippen molar-refractivity contribution in [1.82, 2.24) is 24.1 Å². The van der Waals surface area contributed by atoms with Crippen molar-refractivity contribution in [3.63, 3.8) is 0 Å². The molecule has 62 radical (unpaired) electrons. The van der Waals surface area contributed by atoms with Gasteiger partial charge in [0.05, 0.1) is 11.0 Å². The summed E-state index contributed by atoms with van der Waals surface area (Å²) in [6.45, 7) is 0. The lowest BCUT2D eigenvalue weighted by atomic mass is 9.47. The first-order valence-electron chi connectivity index (χ1n) is 26.2. The molecule has 90 heavy (non-hydrogen) atoms. The fourth-order valence-corrected chi connectivity index (χ4v) is 12.8. The molecule has 0 bridgehead atoms. The van der Waals surface area contributed by atoms with Crippen LogP contribution in [0.1, 0.15) is 22.3 Å². The summed E-state index contributed by atoms with van der Waals surface area (Å²) in [6.07, 6.45) is 0. The van der Waals surface area contributed by atoms with Gasteiger partial charge in [-0.25, -0.2) is 0 Å². The number of nitrogens with zero attached hydrogens (tertiary/aromatic N) is 5. The van der Waals surface area contributed by atoms with Crippen LogP contribution in [0.25, 0.3) is 66.9 Å². The van der Waals surface area contributed by atoms with E-state index < -0.39 is 45.3 Å². The molecule has 2 aliphatic heterocycles. The van der Waals surface area contributed by atoms with Gasteiger partial charge in [-0.3, -0.25) is 9.13 Å². The van der Waals surface area contributed by atoms with Gasteiger partial charge in [0.25, 0.3) is 0 Å². The molecule has 0 saturated carbocycles. The van der Waals surface area contributed by atoms with Gasteiger partial charge < -0.3 is 9.47 Å². The van der Waals surface area contributed by atoms with Crippen LogP contribution in [0, 0.1) is 0 Å². The van der Waals surface area contributed by atoms with Crippen LogP contribution in [0.4, 0.5) is 0 Å². The number of hydrogen-bond acceptors (Lipinski definition) is 5. The topological polar surface area (TPSA) is 67.0 Å². The Kier molecular flexibility index (Phi) is 14.5. The maximum atomic E-state index is 7.43. The lowest BCUT2D eigenvalue weighted by Crippen LogP contribution is -2.63. The minimum atomic E-state index is -2.44. The Morgan fingerprint density at radius 3 is 0.700 bits per heavy atom. The van der Waals surface area contributed by atoms with E-state index in [0.717, 1.165) is 0 Å². The summed E-state index contributed by atoms with van der Waals surface area (Å²) >= 11 is 0. The van der Waals surface area contributed by atoms with Gasteiger partial charge in [0.2, 0.25) is 11.9 Å². The number of aromatic nitrogens is 5. The molecular formula is C52B31N5O2. The summed E-state index contributed by atoms with van der Waals surface area (Å²) in [5.74, 6) is -2.96. The molecule has 5 heterocycles. The monoisotopic (exact) mass is 1070 g/mol. The second kappa shape index (κ2) is 20.7. The van der Waals surface area contributed by atoms with E-state index in [0.29, 0.717) is 0 Å². The first-order chi connectivity index (χ1) is 42.1. The van der Waals surface area contributed by atoms with E-state index in [9.17, 15) is 0 Å². The largest absolute Gasteiger partial charge is 0.458 e. The van der Waals surface area contributed by atoms with Gasteiger partial charge in [0, 0.05) is 44.3 Å². The van der Waals surface area contributed by atoms with Gasteiger partial charge in [-0.1, -0.05) is 87.4 Å². The van der Waals surface area contributed by atoms with Crippen molar-refractivity contribution in [2.24, 2.45) is 0 Å². The predicted molar refractivity (Wildman–Crippen MR) is 399 cm³/mol. The second-order valence-electron chi connectivity index (χ2n) is 21.8. The molecule has 7 nitrogen and oxygen atoms in total. The summed E-state index contributed by atoms with van der Waals surface area (Å²) in [4.78, 5) is 15.4. The number of ether oxygens (including phenoxy) is 2. The van der Waals surface area contributed by atoms with Crippen LogP contribution < -0.4 is 179 Å². The van der Waals surface area contributed by atoms with E-state index in [-0.39, 0.29) is 242 Å². The van der Waals surface area contributed by atoms with Crippen molar-refractivity contribution in [3.8, 4) is 46.3 Å². The number of hydrogen-bond donors (Lipinski definition) is 0. The molecule has 13 rings (SSSR count). The van der Waals surface area contributed by atoms with E-state index >= 15 is 0 Å². The number of fused-ring (bicyclic) bond motifs is 14. The molecule has 0 aliphatic carbocycles. The molecule has 38 heteroatoms. The molecule has 8 aromatic carbocycles. The van der Waals surface area contributed by atoms with Gasteiger partial charge in [0.15, 0.2) is 5.82 Å². The van der Waals surface area contributed by atoms with Crippen molar-refractivity contribution in [1.29, 1.82) is 0 Å². The fourth-order valence-electron chi connectivity index (χ4n) is 12.8. The van der Waals surface area contributed by atoms with Crippen molar-refractivity contribution in [2.45, 2.75) is 5.41 Å². The van der Waals surface area contributed by atoms with E-state index in [1.54, 1.807) is 0 Å². The van der Waals surface area contributed by atoms with E-state index in [4.69, 9.17) is 268 Å². The summed E-state index contributed by atoms with van der Waals surface area (Å²) in [5.41, 5.74) is -12.0. The Labute approximate surface area is 559 Å². The van der Waals surface area contributed by atoms with Crippen LogP contribution in [-0.4, -0.2) is 267 Å². The van der Waals surface area contributed by atoms with E-state index in [2.05, 4.69) is 0 Å². The molecule has 11 aromatic rings. The van der Waals surface area contributed by atoms with Gasteiger partial charge in [-0.15, -0.1) is 81.9 Å². The van der Waals surface area contributed by atoms with Crippen LogP contribution >= 0.6 is 0 Å². The standard InChI is InChI=1S/C52B31N5O2/c53-10-1-2-11(54)21(64)28(71)35(78)42(2)87(41(1)34(77)27(70)20(10)63)50-84-49(85-51(86-50)88-43-3(12(55)22(65)29(72)36(43)79)4-13(56)23(66)30(73)37(80)44(4)88)5-14(57)19(62)15(58)6-45(5)89-46-7(16(59)24(67)31(74)38(46)81)52(6)8-17(60)25(68)32(75)39(82)47(8)90-48-9(52)18(61)26(69)33(76)40(48)83. The maximum Gasteiger partial charge on any atom is 0.240 e.